The molecule has 16 heavy (non-hydrogen) atoms. The molecule has 0 aromatic heterocycles. The fourth-order valence-electron chi connectivity index (χ4n) is 2.06. The van der Waals surface area contributed by atoms with Crippen LogP contribution in [-0.4, -0.2) is 5.78 Å². The number of halogens is 1. The molecule has 0 fully saturated rings. The van der Waals surface area contributed by atoms with E-state index in [0.717, 1.165) is 16.5 Å². The van der Waals surface area contributed by atoms with Gasteiger partial charge in [0.25, 0.3) is 0 Å². The van der Waals surface area contributed by atoms with Crippen LogP contribution in [0.3, 0.4) is 0 Å². The standard InChI is InChI=1S/C14H13BrO/c1-11(16)14(8-3-2-4-9-14)12-6-5-7-13(15)10-12/h2-8,10H,9H2,1H3. The van der Waals surface area contributed by atoms with Gasteiger partial charge in [0.2, 0.25) is 0 Å². The summed E-state index contributed by atoms with van der Waals surface area (Å²) in [5.74, 6) is 0.186. The van der Waals surface area contributed by atoms with Crippen molar-refractivity contribution in [1.29, 1.82) is 0 Å². The van der Waals surface area contributed by atoms with Crippen molar-refractivity contribution in [3.05, 3.63) is 58.6 Å². The normalized spacial score (nSPS) is 23.4. The minimum Gasteiger partial charge on any atom is -0.299 e. The summed E-state index contributed by atoms with van der Waals surface area (Å²) in [6, 6.07) is 7.97. The van der Waals surface area contributed by atoms with Crippen molar-refractivity contribution in [3.63, 3.8) is 0 Å². The molecule has 0 saturated carbocycles. The molecule has 0 N–H and O–H groups in total. The Hall–Kier alpha value is -1.15. The summed E-state index contributed by atoms with van der Waals surface area (Å²) >= 11 is 3.45. The summed E-state index contributed by atoms with van der Waals surface area (Å²) in [6.45, 7) is 1.66. The van der Waals surface area contributed by atoms with E-state index >= 15 is 0 Å². The topological polar surface area (TPSA) is 17.1 Å². The van der Waals surface area contributed by atoms with Gasteiger partial charge in [0.1, 0.15) is 5.78 Å². The molecule has 1 aliphatic rings. The Balaban J connectivity index is 2.52. The van der Waals surface area contributed by atoms with Gasteiger partial charge in [-0.2, -0.15) is 0 Å². The van der Waals surface area contributed by atoms with Gasteiger partial charge < -0.3 is 0 Å². The highest BCUT2D eigenvalue weighted by molar-refractivity contribution is 9.10. The summed E-state index contributed by atoms with van der Waals surface area (Å²) in [7, 11) is 0. The van der Waals surface area contributed by atoms with Gasteiger partial charge in [-0.3, -0.25) is 4.79 Å². The molecule has 1 nitrogen and oxygen atoms in total. The summed E-state index contributed by atoms with van der Waals surface area (Å²) in [5, 5.41) is 0. The van der Waals surface area contributed by atoms with Gasteiger partial charge in [-0.15, -0.1) is 0 Å². The monoisotopic (exact) mass is 276 g/mol. The van der Waals surface area contributed by atoms with E-state index < -0.39 is 5.41 Å². The van der Waals surface area contributed by atoms with Crippen molar-refractivity contribution >= 4 is 21.7 Å². The van der Waals surface area contributed by atoms with Crippen LogP contribution in [0.1, 0.15) is 18.9 Å². The first-order valence-corrected chi connectivity index (χ1v) is 6.06. The third-order valence-electron chi connectivity index (χ3n) is 3.04. The fraction of sp³-hybridized carbons (Fsp3) is 0.214. The van der Waals surface area contributed by atoms with Crippen LogP contribution in [0.5, 0.6) is 0 Å². The van der Waals surface area contributed by atoms with E-state index in [1.165, 1.54) is 0 Å². The Morgan fingerprint density at radius 1 is 1.38 bits per heavy atom. The first-order chi connectivity index (χ1) is 7.65. The van der Waals surface area contributed by atoms with Crippen LogP contribution in [0, 0.1) is 0 Å². The first kappa shape index (κ1) is 11.3. The largest absolute Gasteiger partial charge is 0.299 e. The maximum absolute atomic E-state index is 11.9. The third-order valence-corrected chi connectivity index (χ3v) is 3.53. The smallest absolute Gasteiger partial charge is 0.144 e. The number of benzene rings is 1. The van der Waals surface area contributed by atoms with E-state index in [9.17, 15) is 4.79 Å². The van der Waals surface area contributed by atoms with Crippen LogP contribution < -0.4 is 0 Å². The zero-order valence-corrected chi connectivity index (χ0v) is 10.7. The molecule has 2 rings (SSSR count). The molecule has 1 aliphatic carbocycles. The molecule has 0 bridgehead atoms. The van der Waals surface area contributed by atoms with E-state index in [1.54, 1.807) is 6.92 Å². The van der Waals surface area contributed by atoms with Crippen LogP contribution in [0.25, 0.3) is 0 Å². The van der Waals surface area contributed by atoms with Crippen molar-refractivity contribution < 1.29 is 4.79 Å². The lowest BCUT2D eigenvalue weighted by Gasteiger charge is -2.29. The minimum absolute atomic E-state index is 0.186. The molecule has 0 radical (unpaired) electrons. The van der Waals surface area contributed by atoms with Crippen LogP contribution in [0.2, 0.25) is 0 Å². The number of carbonyl (C=O) groups is 1. The minimum atomic E-state index is -0.474. The van der Waals surface area contributed by atoms with Crippen molar-refractivity contribution in [1.82, 2.24) is 0 Å². The number of rotatable bonds is 2. The zero-order chi connectivity index (χ0) is 11.6. The highest BCUT2D eigenvalue weighted by Gasteiger charge is 2.34. The Labute approximate surface area is 104 Å². The molecular weight excluding hydrogens is 264 g/mol. The molecule has 1 aromatic carbocycles. The number of carbonyl (C=O) groups excluding carboxylic acids is 1. The maximum atomic E-state index is 11.9. The van der Waals surface area contributed by atoms with Crippen molar-refractivity contribution in [2.24, 2.45) is 0 Å². The van der Waals surface area contributed by atoms with Gasteiger partial charge in [0, 0.05) is 4.47 Å². The number of ketones is 1. The SMILES string of the molecule is CC(=O)C1(c2cccc(Br)c2)C=CC=CC1. The van der Waals surface area contributed by atoms with E-state index in [2.05, 4.69) is 15.9 Å². The summed E-state index contributed by atoms with van der Waals surface area (Å²) in [6.07, 6.45) is 8.72. The fourth-order valence-corrected chi connectivity index (χ4v) is 2.46. The second-order valence-corrected chi connectivity index (χ2v) is 4.94. The second-order valence-electron chi connectivity index (χ2n) is 4.03. The van der Waals surface area contributed by atoms with Crippen LogP contribution in [0.4, 0.5) is 0 Å². The number of hydrogen-bond donors (Lipinski definition) is 0. The predicted octanol–water partition coefficient (Wildman–Crippen LogP) is 3.79. The lowest BCUT2D eigenvalue weighted by atomic mass is 9.73. The van der Waals surface area contributed by atoms with E-state index in [0.29, 0.717) is 0 Å². The lowest BCUT2D eigenvalue weighted by molar-refractivity contribution is -0.120. The van der Waals surface area contributed by atoms with Crippen LogP contribution in [-0.2, 0) is 10.2 Å². The van der Waals surface area contributed by atoms with Gasteiger partial charge >= 0.3 is 0 Å². The van der Waals surface area contributed by atoms with E-state index in [1.807, 2.05) is 48.6 Å². The molecular formula is C14H13BrO. The highest BCUT2D eigenvalue weighted by atomic mass is 79.9. The summed E-state index contributed by atoms with van der Waals surface area (Å²) in [4.78, 5) is 11.9. The lowest BCUT2D eigenvalue weighted by Crippen LogP contribution is -2.32. The van der Waals surface area contributed by atoms with Gasteiger partial charge in [-0.1, -0.05) is 52.4 Å². The van der Waals surface area contributed by atoms with E-state index in [4.69, 9.17) is 0 Å². The second kappa shape index (κ2) is 4.38. The zero-order valence-electron chi connectivity index (χ0n) is 9.11. The number of allylic oxidation sites excluding steroid dienone is 4. The van der Waals surface area contributed by atoms with Crippen molar-refractivity contribution in [2.75, 3.05) is 0 Å². The average molecular weight is 277 g/mol. The third kappa shape index (κ3) is 1.90. The molecule has 0 amide bonds. The molecule has 0 spiro atoms. The summed E-state index contributed by atoms with van der Waals surface area (Å²) < 4.78 is 1.01. The van der Waals surface area contributed by atoms with Crippen LogP contribution in [0.15, 0.2) is 53.0 Å². The quantitative estimate of drug-likeness (QED) is 0.803. The molecule has 1 unspecified atom stereocenters. The molecule has 0 saturated heterocycles. The molecule has 0 heterocycles. The Bertz CT molecular complexity index is 473. The predicted molar refractivity (Wildman–Crippen MR) is 69.4 cm³/mol. The molecule has 1 atom stereocenters. The molecule has 1 aromatic rings. The Kier molecular flexibility index (Phi) is 3.10. The molecule has 82 valence electrons. The average Bonchev–Trinajstić information content (AvgIpc) is 2.30. The van der Waals surface area contributed by atoms with E-state index in [-0.39, 0.29) is 5.78 Å². The van der Waals surface area contributed by atoms with Gasteiger partial charge in [-0.05, 0) is 31.0 Å². The summed E-state index contributed by atoms with van der Waals surface area (Å²) in [5.41, 5.74) is 0.577. The number of hydrogen-bond acceptors (Lipinski definition) is 1. The van der Waals surface area contributed by atoms with Gasteiger partial charge in [-0.25, -0.2) is 0 Å². The Morgan fingerprint density at radius 2 is 2.19 bits per heavy atom. The molecule has 2 heteroatoms. The van der Waals surface area contributed by atoms with Crippen molar-refractivity contribution in [2.45, 2.75) is 18.8 Å². The molecule has 0 aliphatic heterocycles. The van der Waals surface area contributed by atoms with Crippen LogP contribution >= 0.6 is 15.9 Å². The van der Waals surface area contributed by atoms with Crippen molar-refractivity contribution in [3.8, 4) is 0 Å². The first-order valence-electron chi connectivity index (χ1n) is 5.26. The highest BCUT2D eigenvalue weighted by Crippen LogP contribution is 2.34. The Morgan fingerprint density at radius 3 is 2.75 bits per heavy atom. The maximum Gasteiger partial charge on any atom is 0.144 e. The number of Topliss-reactive ketones (excluding diaryl/α,β-unsaturated/α-hetero) is 1. The van der Waals surface area contributed by atoms with Gasteiger partial charge in [0.05, 0.1) is 5.41 Å². The van der Waals surface area contributed by atoms with Gasteiger partial charge in [0.15, 0.2) is 0 Å².